The first-order valence-corrected chi connectivity index (χ1v) is 13.1. The molecule has 1 heterocycles. The summed E-state index contributed by atoms with van der Waals surface area (Å²) in [5.41, 5.74) is 4.59. The van der Waals surface area contributed by atoms with E-state index in [0.29, 0.717) is 5.92 Å². The van der Waals surface area contributed by atoms with Gasteiger partial charge in [-0.15, -0.1) is 0 Å². The van der Waals surface area contributed by atoms with Crippen molar-refractivity contribution in [3.63, 3.8) is 0 Å². The fraction of sp³-hybridized carbons (Fsp3) is 0.171. The van der Waals surface area contributed by atoms with Gasteiger partial charge in [-0.25, -0.2) is 0 Å². The van der Waals surface area contributed by atoms with Gasteiger partial charge in [-0.1, -0.05) is 116 Å². The quantitative estimate of drug-likeness (QED) is 0.232. The van der Waals surface area contributed by atoms with Crippen LogP contribution in [0.1, 0.15) is 42.4 Å². The molecule has 0 bridgehead atoms. The minimum atomic E-state index is 0.509. The highest BCUT2D eigenvalue weighted by molar-refractivity contribution is 6.09. The highest BCUT2D eigenvalue weighted by atomic mass is 14.6. The van der Waals surface area contributed by atoms with E-state index < -0.39 is 0 Å². The molecule has 1 heteroatoms. The minimum absolute atomic E-state index is 0.509. The number of hydrogen-bond acceptors (Lipinski definition) is 1. The largest absolute Gasteiger partial charge is 0.264 e. The van der Waals surface area contributed by atoms with Crippen molar-refractivity contribution in [3.8, 4) is 0 Å². The fourth-order valence-electron chi connectivity index (χ4n) is 5.92. The minimum Gasteiger partial charge on any atom is -0.264 e. The molecule has 0 aliphatic heterocycles. The van der Waals surface area contributed by atoms with Crippen LogP contribution >= 0.6 is 0 Å². The van der Waals surface area contributed by atoms with Crippen LogP contribution in [0.4, 0.5) is 0 Å². The maximum Gasteiger partial charge on any atom is 0.0346 e. The van der Waals surface area contributed by atoms with Crippen LogP contribution in [0, 0.1) is 5.92 Å². The van der Waals surface area contributed by atoms with Gasteiger partial charge in [0, 0.05) is 18.3 Å². The molecule has 7 rings (SSSR count). The Labute approximate surface area is 213 Å². The van der Waals surface area contributed by atoms with Crippen molar-refractivity contribution in [1.82, 2.24) is 4.98 Å². The van der Waals surface area contributed by atoms with Crippen LogP contribution < -0.4 is 0 Å². The summed E-state index contributed by atoms with van der Waals surface area (Å²) in [5.74, 6) is 1.29. The Kier molecular flexibility index (Phi) is 6.22. The van der Waals surface area contributed by atoms with Crippen molar-refractivity contribution in [2.45, 2.75) is 32.1 Å². The van der Waals surface area contributed by atoms with E-state index in [1.807, 2.05) is 30.6 Å². The molecule has 2 unspecified atom stereocenters. The average Bonchev–Trinajstić information content (AvgIpc) is 2.97. The summed E-state index contributed by atoms with van der Waals surface area (Å²) >= 11 is 0. The molecule has 1 nitrogen and oxygen atoms in total. The second-order valence-corrected chi connectivity index (χ2v) is 9.92. The Morgan fingerprint density at radius 3 is 2.17 bits per heavy atom. The second kappa shape index (κ2) is 9.95. The maximum absolute atomic E-state index is 4.01. The molecule has 0 spiro atoms. The lowest BCUT2D eigenvalue weighted by Crippen LogP contribution is -2.19. The lowest BCUT2D eigenvalue weighted by Gasteiger charge is -2.33. The van der Waals surface area contributed by atoms with Gasteiger partial charge in [0.2, 0.25) is 0 Å². The molecule has 0 N–H and O–H groups in total. The van der Waals surface area contributed by atoms with E-state index in [1.165, 1.54) is 57.1 Å². The zero-order valence-electron chi connectivity index (χ0n) is 20.8. The average molecular weight is 466 g/mol. The normalized spacial score (nSPS) is 16.9. The van der Waals surface area contributed by atoms with E-state index in [1.54, 1.807) is 11.1 Å². The van der Waals surface area contributed by atoms with Gasteiger partial charge in [-0.05, 0) is 73.8 Å². The molecule has 0 amide bonds. The standard InChI is InChI=1S/C26H24.C9H7N/c1-2-18-16-21-13-14-23-22-11-7-6-10-20(22)12-15-24(23)26(21)25(17-18)19-8-4-3-5-9-19;1-2-4-9-7-10-6-5-8(9)3-1/h3-15,18,25H,2,16-17H2,1H3;1-7H. The molecule has 0 fully saturated rings. The zero-order chi connectivity index (χ0) is 24.3. The van der Waals surface area contributed by atoms with Crippen molar-refractivity contribution in [3.05, 3.63) is 138 Å². The molecule has 2 atom stereocenters. The van der Waals surface area contributed by atoms with Crippen LogP contribution in [0.25, 0.3) is 32.3 Å². The molecule has 0 saturated carbocycles. The van der Waals surface area contributed by atoms with E-state index in [0.717, 1.165) is 5.92 Å². The third-order valence-electron chi connectivity index (χ3n) is 7.81. The zero-order valence-corrected chi connectivity index (χ0v) is 20.8. The first kappa shape index (κ1) is 22.5. The summed E-state index contributed by atoms with van der Waals surface area (Å²) < 4.78 is 0. The highest BCUT2D eigenvalue weighted by Gasteiger charge is 2.29. The maximum atomic E-state index is 4.01. The van der Waals surface area contributed by atoms with Crippen molar-refractivity contribution < 1.29 is 0 Å². The number of fused-ring (bicyclic) bond motifs is 6. The molecule has 1 aliphatic rings. The van der Waals surface area contributed by atoms with Crippen molar-refractivity contribution in [1.29, 1.82) is 0 Å². The van der Waals surface area contributed by atoms with Crippen molar-refractivity contribution >= 4 is 32.3 Å². The molecule has 36 heavy (non-hydrogen) atoms. The molecule has 0 saturated heterocycles. The number of rotatable bonds is 2. The number of benzene rings is 5. The van der Waals surface area contributed by atoms with Gasteiger partial charge in [-0.2, -0.15) is 0 Å². The van der Waals surface area contributed by atoms with Gasteiger partial charge in [0.15, 0.2) is 0 Å². The highest BCUT2D eigenvalue weighted by Crippen LogP contribution is 2.44. The van der Waals surface area contributed by atoms with Gasteiger partial charge in [-0.3, -0.25) is 4.98 Å². The molecule has 6 aromatic rings. The number of aromatic nitrogens is 1. The van der Waals surface area contributed by atoms with Crippen molar-refractivity contribution in [2.24, 2.45) is 5.92 Å². The summed E-state index contributed by atoms with van der Waals surface area (Å²) in [6, 6.07) is 39.5. The fourth-order valence-corrected chi connectivity index (χ4v) is 5.92. The topological polar surface area (TPSA) is 12.9 Å². The number of pyridine rings is 1. The van der Waals surface area contributed by atoms with Gasteiger partial charge in [0.25, 0.3) is 0 Å². The summed E-state index contributed by atoms with van der Waals surface area (Å²) in [5, 5.41) is 8.00. The second-order valence-electron chi connectivity index (χ2n) is 9.92. The van der Waals surface area contributed by atoms with E-state index in [4.69, 9.17) is 0 Å². The molecule has 1 aliphatic carbocycles. The molecule has 0 radical (unpaired) electrons. The van der Waals surface area contributed by atoms with E-state index in [2.05, 4.69) is 103 Å². The van der Waals surface area contributed by atoms with Crippen LogP contribution in [-0.4, -0.2) is 4.98 Å². The van der Waals surface area contributed by atoms with E-state index in [9.17, 15) is 0 Å². The monoisotopic (exact) mass is 465 g/mol. The van der Waals surface area contributed by atoms with E-state index >= 15 is 0 Å². The first-order valence-electron chi connectivity index (χ1n) is 13.1. The van der Waals surface area contributed by atoms with Crippen LogP contribution in [0.5, 0.6) is 0 Å². The Morgan fingerprint density at radius 1 is 0.639 bits per heavy atom. The molecule has 5 aromatic carbocycles. The Bertz CT molecular complexity index is 1570. The van der Waals surface area contributed by atoms with Gasteiger partial charge in [0.05, 0.1) is 0 Å². The van der Waals surface area contributed by atoms with Gasteiger partial charge < -0.3 is 0 Å². The predicted octanol–water partition coefficient (Wildman–Crippen LogP) is 9.33. The van der Waals surface area contributed by atoms with Crippen molar-refractivity contribution in [2.75, 3.05) is 0 Å². The van der Waals surface area contributed by atoms with Gasteiger partial charge >= 0.3 is 0 Å². The Balaban J connectivity index is 0.000000200. The summed E-state index contributed by atoms with van der Waals surface area (Å²) in [7, 11) is 0. The molecular formula is C35H31N. The van der Waals surface area contributed by atoms with Gasteiger partial charge in [0.1, 0.15) is 0 Å². The van der Waals surface area contributed by atoms with Crippen LogP contribution in [-0.2, 0) is 6.42 Å². The molecule has 176 valence electrons. The van der Waals surface area contributed by atoms with Crippen LogP contribution in [0.2, 0.25) is 0 Å². The summed E-state index contributed by atoms with van der Waals surface area (Å²) in [6.45, 7) is 2.34. The lowest BCUT2D eigenvalue weighted by molar-refractivity contribution is 0.418. The smallest absolute Gasteiger partial charge is 0.0346 e. The van der Waals surface area contributed by atoms with E-state index in [-0.39, 0.29) is 0 Å². The summed E-state index contributed by atoms with van der Waals surface area (Å²) in [4.78, 5) is 4.01. The third kappa shape index (κ3) is 4.27. The predicted molar refractivity (Wildman–Crippen MR) is 154 cm³/mol. The third-order valence-corrected chi connectivity index (χ3v) is 7.81. The molecular weight excluding hydrogens is 434 g/mol. The summed E-state index contributed by atoms with van der Waals surface area (Å²) in [6.07, 6.45) is 7.42. The first-order chi connectivity index (χ1) is 17.8. The van der Waals surface area contributed by atoms with Crippen LogP contribution in [0.3, 0.4) is 0 Å². The van der Waals surface area contributed by atoms with Crippen LogP contribution in [0.15, 0.2) is 122 Å². The SMILES string of the molecule is CCC1Cc2ccc3c(ccc4ccccc43)c2C(c2ccccc2)C1.c1ccc2cnccc2c1. The number of nitrogens with zero attached hydrogens (tertiary/aromatic N) is 1. The molecule has 1 aromatic heterocycles. The Morgan fingerprint density at radius 2 is 1.36 bits per heavy atom. The number of hydrogen-bond donors (Lipinski definition) is 0. The lowest BCUT2D eigenvalue weighted by atomic mass is 9.71. The Hall–Kier alpha value is -3.97.